The van der Waals surface area contributed by atoms with Crippen molar-refractivity contribution in [2.45, 2.75) is 35.4 Å². The number of fused-ring (bicyclic) bond motifs is 1. The minimum atomic E-state index is -5.99. The third-order valence-electron chi connectivity index (χ3n) is 3.03. The maximum absolute atomic E-state index is 12.2. The van der Waals surface area contributed by atoms with Gasteiger partial charge in [0.1, 0.15) is 24.4 Å². The van der Waals surface area contributed by atoms with Crippen LogP contribution in [0.25, 0.3) is 0 Å². The third-order valence-corrected chi connectivity index (χ3v) is 5.17. The SMILES string of the molecule is O=S(=O)(O[C@H]1CO[C@H]2[C@@H]1OC[C@@H]2OS(=O)(=O)C(F)(F)F)C(F)(F)F. The van der Waals surface area contributed by atoms with Crippen molar-refractivity contribution in [3.8, 4) is 0 Å². The fourth-order valence-electron chi connectivity index (χ4n) is 2.03. The van der Waals surface area contributed by atoms with Gasteiger partial charge in [0, 0.05) is 0 Å². The molecule has 0 aliphatic carbocycles. The lowest BCUT2D eigenvalue weighted by Crippen LogP contribution is -2.39. The van der Waals surface area contributed by atoms with Crippen LogP contribution in [0, 0.1) is 0 Å². The molecule has 2 aliphatic heterocycles. The highest BCUT2D eigenvalue weighted by molar-refractivity contribution is 7.87. The second kappa shape index (κ2) is 5.94. The zero-order valence-corrected chi connectivity index (χ0v) is 12.7. The number of hydrogen-bond donors (Lipinski definition) is 0. The van der Waals surface area contributed by atoms with Gasteiger partial charge >= 0.3 is 31.3 Å². The van der Waals surface area contributed by atoms with Crippen LogP contribution in [0.15, 0.2) is 0 Å². The van der Waals surface area contributed by atoms with Gasteiger partial charge in [-0.05, 0) is 0 Å². The van der Waals surface area contributed by atoms with Crippen LogP contribution in [0.5, 0.6) is 0 Å². The quantitative estimate of drug-likeness (QED) is 0.369. The Kier molecular flexibility index (Phi) is 4.86. The van der Waals surface area contributed by atoms with E-state index in [0.29, 0.717) is 0 Å². The molecule has 0 spiro atoms. The highest BCUT2D eigenvalue weighted by atomic mass is 32.2. The summed E-state index contributed by atoms with van der Waals surface area (Å²) in [6, 6.07) is 0. The summed E-state index contributed by atoms with van der Waals surface area (Å²) >= 11 is 0. The van der Waals surface area contributed by atoms with Crippen molar-refractivity contribution < 1.29 is 61.0 Å². The van der Waals surface area contributed by atoms with Gasteiger partial charge in [0.15, 0.2) is 0 Å². The first-order valence-electron chi connectivity index (χ1n) is 5.88. The van der Waals surface area contributed by atoms with Gasteiger partial charge in [-0.3, -0.25) is 8.37 Å². The van der Waals surface area contributed by atoms with E-state index in [9.17, 15) is 43.2 Å². The molecule has 0 aromatic carbocycles. The lowest BCUT2D eigenvalue weighted by Gasteiger charge is -2.18. The highest BCUT2D eigenvalue weighted by Crippen LogP contribution is 2.36. The van der Waals surface area contributed by atoms with Crippen molar-refractivity contribution in [1.82, 2.24) is 0 Å². The van der Waals surface area contributed by atoms with E-state index in [4.69, 9.17) is 9.47 Å². The molecule has 16 heteroatoms. The second-order valence-electron chi connectivity index (χ2n) is 4.66. The Hall–Kier alpha value is -0.680. The van der Waals surface area contributed by atoms with Crippen LogP contribution < -0.4 is 0 Å². The molecule has 142 valence electrons. The lowest BCUT2D eigenvalue weighted by molar-refractivity contribution is -0.0651. The first-order chi connectivity index (χ1) is 10.7. The molecule has 0 radical (unpaired) electrons. The standard InChI is InChI=1S/C8H8F6O8S2/c9-7(10,11)23(15,16)21-3-1-19-6-4(2-20-5(3)6)22-24(17,18)8(12,13)14/h3-6H,1-2H2/t3-,4-,5+,6+/m0/s1. The van der Waals surface area contributed by atoms with Gasteiger partial charge in [-0.25, -0.2) is 0 Å². The average molecular weight is 410 g/mol. The molecule has 0 amide bonds. The van der Waals surface area contributed by atoms with E-state index in [1.807, 2.05) is 0 Å². The molecule has 4 atom stereocenters. The maximum atomic E-state index is 12.2. The Morgan fingerprint density at radius 2 is 1.00 bits per heavy atom. The van der Waals surface area contributed by atoms with Crippen molar-refractivity contribution >= 4 is 20.2 Å². The molecule has 0 aromatic rings. The minimum absolute atomic E-state index is 0.781. The van der Waals surface area contributed by atoms with Crippen LogP contribution in [0.2, 0.25) is 0 Å². The van der Waals surface area contributed by atoms with E-state index >= 15 is 0 Å². The second-order valence-corrected chi connectivity index (χ2v) is 7.79. The highest BCUT2D eigenvalue weighted by Gasteiger charge is 2.57. The van der Waals surface area contributed by atoms with E-state index in [-0.39, 0.29) is 0 Å². The predicted molar refractivity (Wildman–Crippen MR) is 59.2 cm³/mol. The Morgan fingerprint density at radius 3 is 1.25 bits per heavy atom. The van der Waals surface area contributed by atoms with Gasteiger partial charge in [0.2, 0.25) is 0 Å². The van der Waals surface area contributed by atoms with Gasteiger partial charge < -0.3 is 9.47 Å². The topological polar surface area (TPSA) is 105 Å². The summed E-state index contributed by atoms with van der Waals surface area (Å²) < 4.78 is 134. The molecule has 24 heavy (non-hydrogen) atoms. The average Bonchev–Trinajstić information content (AvgIpc) is 2.90. The minimum Gasteiger partial charge on any atom is -0.370 e. The van der Waals surface area contributed by atoms with Gasteiger partial charge in [-0.2, -0.15) is 43.2 Å². The molecule has 2 fully saturated rings. The summed E-state index contributed by atoms with van der Waals surface area (Å²) in [4.78, 5) is 0. The molecular weight excluding hydrogens is 402 g/mol. The molecule has 2 heterocycles. The Balaban J connectivity index is 2.08. The Bertz CT molecular complexity index is 622. The van der Waals surface area contributed by atoms with E-state index in [2.05, 4.69) is 8.37 Å². The van der Waals surface area contributed by atoms with Crippen LogP contribution in [-0.4, -0.2) is 65.5 Å². The molecule has 0 bridgehead atoms. The summed E-state index contributed by atoms with van der Waals surface area (Å²) in [5.74, 6) is 0. The number of ether oxygens (including phenoxy) is 2. The van der Waals surface area contributed by atoms with Crippen LogP contribution in [-0.2, 0) is 38.1 Å². The molecule has 2 rings (SSSR count). The van der Waals surface area contributed by atoms with Crippen molar-refractivity contribution in [3.05, 3.63) is 0 Å². The summed E-state index contributed by atoms with van der Waals surface area (Å²) in [7, 11) is -12.0. The van der Waals surface area contributed by atoms with E-state index in [1.165, 1.54) is 0 Å². The summed E-state index contributed by atoms with van der Waals surface area (Å²) in [5, 5.41) is 0. The number of alkyl halides is 6. The molecule has 2 saturated heterocycles. The van der Waals surface area contributed by atoms with Gasteiger partial charge in [-0.15, -0.1) is 0 Å². The largest absolute Gasteiger partial charge is 0.523 e. The predicted octanol–water partition coefficient (Wildman–Crippen LogP) is 0.254. The molecule has 2 aliphatic rings. The molecule has 0 aromatic heterocycles. The number of rotatable bonds is 4. The molecule has 8 nitrogen and oxygen atoms in total. The van der Waals surface area contributed by atoms with Crippen molar-refractivity contribution in [1.29, 1.82) is 0 Å². The van der Waals surface area contributed by atoms with E-state index < -0.39 is 68.9 Å². The normalized spacial score (nSPS) is 32.1. The maximum Gasteiger partial charge on any atom is 0.523 e. The first kappa shape index (κ1) is 19.6. The lowest BCUT2D eigenvalue weighted by atomic mass is 10.1. The Morgan fingerprint density at radius 1 is 0.708 bits per heavy atom. The monoisotopic (exact) mass is 410 g/mol. The summed E-state index contributed by atoms with van der Waals surface area (Å²) in [6.07, 6.45) is -6.72. The van der Waals surface area contributed by atoms with Crippen LogP contribution in [0.1, 0.15) is 0 Å². The van der Waals surface area contributed by atoms with Gasteiger partial charge in [0.25, 0.3) is 0 Å². The smallest absolute Gasteiger partial charge is 0.370 e. The number of halogens is 6. The molecular formula is C8H8F6O8S2. The molecule has 0 unspecified atom stereocenters. The first-order valence-corrected chi connectivity index (χ1v) is 8.70. The Labute approximate surface area is 130 Å². The summed E-state index contributed by atoms with van der Waals surface area (Å²) in [5.41, 5.74) is -11.4. The number of hydrogen-bond acceptors (Lipinski definition) is 8. The van der Waals surface area contributed by atoms with Gasteiger partial charge in [-0.1, -0.05) is 0 Å². The van der Waals surface area contributed by atoms with Crippen LogP contribution in [0.3, 0.4) is 0 Å². The fraction of sp³-hybridized carbons (Fsp3) is 1.00. The third kappa shape index (κ3) is 3.62. The zero-order chi connectivity index (χ0) is 18.6. The summed E-state index contributed by atoms with van der Waals surface area (Å²) in [6.45, 7) is -1.56. The van der Waals surface area contributed by atoms with Crippen molar-refractivity contribution in [2.24, 2.45) is 0 Å². The van der Waals surface area contributed by atoms with E-state index in [1.54, 1.807) is 0 Å². The zero-order valence-electron chi connectivity index (χ0n) is 11.1. The van der Waals surface area contributed by atoms with Crippen LogP contribution in [0.4, 0.5) is 26.3 Å². The van der Waals surface area contributed by atoms with Gasteiger partial charge in [0.05, 0.1) is 13.2 Å². The van der Waals surface area contributed by atoms with Crippen molar-refractivity contribution in [3.63, 3.8) is 0 Å². The van der Waals surface area contributed by atoms with E-state index in [0.717, 1.165) is 0 Å². The fourth-order valence-corrected chi connectivity index (χ4v) is 3.23. The van der Waals surface area contributed by atoms with Crippen LogP contribution >= 0.6 is 0 Å². The molecule has 0 saturated carbocycles. The molecule has 0 N–H and O–H groups in total. The van der Waals surface area contributed by atoms with Crippen molar-refractivity contribution in [2.75, 3.05) is 13.2 Å².